The number of carbonyl (C=O) groups is 1. The number of nitrogens with zero attached hydrogens (tertiary/aromatic N) is 2. The van der Waals surface area contributed by atoms with E-state index < -0.39 is 5.60 Å². The topological polar surface area (TPSA) is 53.4 Å². The Morgan fingerprint density at radius 2 is 1.79 bits per heavy atom. The molecule has 0 amide bonds. The summed E-state index contributed by atoms with van der Waals surface area (Å²) in [5.41, 5.74) is 1.67. The van der Waals surface area contributed by atoms with Crippen molar-refractivity contribution in [3.63, 3.8) is 0 Å². The highest BCUT2D eigenvalue weighted by molar-refractivity contribution is 9.10. The first kappa shape index (κ1) is 22.0. The molecule has 0 aliphatic heterocycles. The molecule has 29 heavy (non-hydrogen) atoms. The zero-order valence-corrected chi connectivity index (χ0v) is 19.2. The lowest BCUT2D eigenvalue weighted by atomic mass is 9.82. The molecule has 1 aromatic carbocycles. The number of ether oxygens (including phenoxy) is 2. The van der Waals surface area contributed by atoms with E-state index in [4.69, 9.17) is 14.6 Å². The zero-order valence-electron chi connectivity index (χ0n) is 17.6. The molecule has 0 radical (unpaired) electrons. The van der Waals surface area contributed by atoms with Crippen LogP contribution in [0.1, 0.15) is 46.5 Å². The van der Waals surface area contributed by atoms with Crippen molar-refractivity contribution in [2.75, 3.05) is 13.2 Å². The summed E-state index contributed by atoms with van der Waals surface area (Å²) in [5, 5.41) is 4.79. The van der Waals surface area contributed by atoms with Crippen molar-refractivity contribution in [3.8, 4) is 11.3 Å². The summed E-state index contributed by atoms with van der Waals surface area (Å²) < 4.78 is 14.0. The van der Waals surface area contributed by atoms with E-state index in [1.54, 1.807) is 0 Å². The molecule has 0 atom stereocenters. The van der Waals surface area contributed by atoms with Crippen LogP contribution in [-0.4, -0.2) is 34.6 Å². The van der Waals surface area contributed by atoms with E-state index in [2.05, 4.69) is 38.9 Å². The van der Waals surface area contributed by atoms with E-state index in [1.807, 2.05) is 39.0 Å². The maximum Gasteiger partial charge on any atom is 0.332 e. The Balaban J connectivity index is 1.41. The van der Waals surface area contributed by atoms with Gasteiger partial charge < -0.3 is 9.47 Å². The van der Waals surface area contributed by atoms with Gasteiger partial charge in [0.25, 0.3) is 0 Å². The molecular formula is C23H31BrN2O3. The Kier molecular flexibility index (Phi) is 7.52. The first-order valence-corrected chi connectivity index (χ1v) is 11.2. The fourth-order valence-electron chi connectivity index (χ4n) is 3.81. The molecule has 6 heteroatoms. The van der Waals surface area contributed by atoms with Crippen LogP contribution in [0.2, 0.25) is 0 Å². The third-order valence-corrected chi connectivity index (χ3v) is 5.75. The Bertz CT molecular complexity index is 790. The third kappa shape index (κ3) is 6.96. The average molecular weight is 463 g/mol. The monoisotopic (exact) mass is 462 g/mol. The van der Waals surface area contributed by atoms with Crippen molar-refractivity contribution in [1.29, 1.82) is 0 Å². The summed E-state index contributed by atoms with van der Waals surface area (Å²) in [4.78, 5) is 11.7. The molecule has 0 spiro atoms. The van der Waals surface area contributed by atoms with Crippen LogP contribution in [0.25, 0.3) is 11.3 Å². The molecule has 0 unspecified atom stereocenters. The molecule has 1 saturated carbocycles. The number of hydrogen-bond donors (Lipinski definition) is 0. The average Bonchev–Trinajstić information content (AvgIpc) is 3.02. The predicted octanol–water partition coefficient (Wildman–Crippen LogP) is 5.48. The number of halogens is 1. The van der Waals surface area contributed by atoms with E-state index in [-0.39, 0.29) is 12.6 Å². The number of rotatable bonds is 7. The van der Waals surface area contributed by atoms with Gasteiger partial charge in [-0.25, -0.2) is 4.79 Å². The molecular weight excluding hydrogens is 432 g/mol. The lowest BCUT2D eigenvalue weighted by Gasteiger charge is -2.28. The molecule has 2 aromatic rings. The fourth-order valence-corrected chi connectivity index (χ4v) is 4.35. The second-order valence-electron chi connectivity index (χ2n) is 8.90. The maximum atomic E-state index is 11.7. The van der Waals surface area contributed by atoms with Gasteiger partial charge >= 0.3 is 5.97 Å². The molecule has 1 fully saturated rings. The van der Waals surface area contributed by atoms with E-state index in [9.17, 15) is 4.79 Å². The Morgan fingerprint density at radius 3 is 2.45 bits per heavy atom. The molecule has 3 rings (SSSR count). The summed E-state index contributed by atoms with van der Waals surface area (Å²) in [6, 6.07) is 10.3. The van der Waals surface area contributed by atoms with E-state index in [1.165, 1.54) is 12.8 Å². The predicted molar refractivity (Wildman–Crippen MR) is 117 cm³/mol. The molecule has 1 aliphatic carbocycles. The molecule has 5 nitrogen and oxygen atoms in total. The van der Waals surface area contributed by atoms with Gasteiger partial charge in [-0.05, 0) is 74.2 Å². The SMILES string of the molecule is CC(C)(C)OC(=O)COC[C@H]1CC[C@H](Cn2cc(Br)c(-c3ccccc3)n2)CC1. The van der Waals surface area contributed by atoms with Crippen molar-refractivity contribution in [2.45, 2.75) is 58.6 Å². The maximum absolute atomic E-state index is 11.7. The summed E-state index contributed by atoms with van der Waals surface area (Å²) in [6.45, 7) is 7.22. The normalized spacial score (nSPS) is 19.9. The number of aromatic nitrogens is 2. The molecule has 0 saturated heterocycles. The van der Waals surface area contributed by atoms with E-state index in [0.717, 1.165) is 35.1 Å². The lowest BCUT2D eigenvalue weighted by Crippen LogP contribution is -2.28. The highest BCUT2D eigenvalue weighted by Gasteiger charge is 2.23. The Labute approximate surface area is 181 Å². The number of carbonyl (C=O) groups excluding carboxylic acids is 1. The van der Waals surface area contributed by atoms with Crippen LogP contribution in [0.3, 0.4) is 0 Å². The summed E-state index contributed by atoms with van der Waals surface area (Å²) in [5.74, 6) is 0.870. The van der Waals surface area contributed by atoms with Crippen LogP contribution in [0.15, 0.2) is 41.0 Å². The van der Waals surface area contributed by atoms with Gasteiger partial charge in [-0.15, -0.1) is 0 Å². The van der Waals surface area contributed by atoms with Crippen molar-refractivity contribution >= 4 is 21.9 Å². The Morgan fingerprint density at radius 1 is 1.14 bits per heavy atom. The van der Waals surface area contributed by atoms with Crippen LogP contribution in [0.4, 0.5) is 0 Å². The minimum atomic E-state index is -0.458. The molecule has 158 valence electrons. The van der Waals surface area contributed by atoms with Crippen molar-refractivity contribution in [1.82, 2.24) is 9.78 Å². The molecule has 0 N–H and O–H groups in total. The Hall–Kier alpha value is -1.66. The van der Waals surface area contributed by atoms with Gasteiger partial charge in [0.15, 0.2) is 0 Å². The summed E-state index contributed by atoms with van der Waals surface area (Å²) in [7, 11) is 0. The molecule has 0 bridgehead atoms. The van der Waals surface area contributed by atoms with Crippen molar-refractivity contribution in [3.05, 3.63) is 41.0 Å². The molecule has 1 heterocycles. The van der Waals surface area contributed by atoms with Crippen molar-refractivity contribution < 1.29 is 14.3 Å². The minimum absolute atomic E-state index is 0.0424. The molecule has 1 aromatic heterocycles. The van der Waals surface area contributed by atoms with Gasteiger partial charge in [-0.2, -0.15) is 5.10 Å². The first-order chi connectivity index (χ1) is 13.8. The summed E-state index contributed by atoms with van der Waals surface area (Å²) >= 11 is 3.65. The zero-order chi connectivity index (χ0) is 20.9. The van der Waals surface area contributed by atoms with Crippen molar-refractivity contribution in [2.24, 2.45) is 11.8 Å². The number of hydrogen-bond acceptors (Lipinski definition) is 4. The standard InChI is InChI=1S/C23H31BrN2O3/c1-23(2,3)29-21(27)16-28-15-18-11-9-17(10-12-18)13-26-14-20(24)22(25-26)19-7-5-4-6-8-19/h4-8,14,17-18H,9-13,15-16H2,1-3H3/t17-,18-. The second kappa shape index (κ2) is 9.90. The van der Waals surface area contributed by atoms with Gasteiger partial charge in [0.05, 0.1) is 11.1 Å². The van der Waals surface area contributed by atoms with Gasteiger partial charge in [0.1, 0.15) is 17.9 Å². The van der Waals surface area contributed by atoms with Gasteiger partial charge in [-0.3, -0.25) is 4.68 Å². The van der Waals surface area contributed by atoms with Crippen LogP contribution in [-0.2, 0) is 20.8 Å². The van der Waals surface area contributed by atoms with Crippen LogP contribution >= 0.6 is 15.9 Å². The highest BCUT2D eigenvalue weighted by atomic mass is 79.9. The lowest BCUT2D eigenvalue weighted by molar-refractivity contribution is -0.160. The van der Waals surface area contributed by atoms with E-state index >= 15 is 0 Å². The van der Waals surface area contributed by atoms with Gasteiger partial charge in [0.2, 0.25) is 0 Å². The fraction of sp³-hybridized carbons (Fsp3) is 0.565. The van der Waals surface area contributed by atoms with Gasteiger partial charge in [-0.1, -0.05) is 30.3 Å². The highest BCUT2D eigenvalue weighted by Crippen LogP contribution is 2.32. The van der Waals surface area contributed by atoms with Gasteiger partial charge in [0, 0.05) is 18.3 Å². The number of benzene rings is 1. The number of esters is 1. The smallest absolute Gasteiger partial charge is 0.332 e. The quantitative estimate of drug-likeness (QED) is 0.511. The first-order valence-electron chi connectivity index (χ1n) is 10.4. The molecule has 1 aliphatic rings. The second-order valence-corrected chi connectivity index (χ2v) is 9.76. The summed E-state index contributed by atoms with van der Waals surface area (Å²) in [6.07, 6.45) is 6.68. The van der Waals surface area contributed by atoms with Crippen LogP contribution < -0.4 is 0 Å². The van der Waals surface area contributed by atoms with Crippen LogP contribution in [0, 0.1) is 11.8 Å². The third-order valence-electron chi connectivity index (χ3n) is 5.17. The van der Waals surface area contributed by atoms with E-state index in [0.29, 0.717) is 18.4 Å². The van der Waals surface area contributed by atoms with Crippen LogP contribution in [0.5, 0.6) is 0 Å². The minimum Gasteiger partial charge on any atom is -0.458 e. The largest absolute Gasteiger partial charge is 0.458 e.